The molecular weight excluding hydrogens is 316 g/mol. The molecule has 25 heavy (non-hydrogen) atoms. The molecule has 5 rings (SSSR count). The van der Waals surface area contributed by atoms with Gasteiger partial charge in [0.05, 0.1) is 5.56 Å². The van der Waals surface area contributed by atoms with Crippen LogP contribution in [-0.4, -0.2) is 54.6 Å². The number of carbonyl (C=O) groups is 1. The van der Waals surface area contributed by atoms with E-state index in [9.17, 15) is 4.79 Å². The number of para-hydroxylation sites is 1. The lowest BCUT2D eigenvalue weighted by Gasteiger charge is -2.44. The Morgan fingerprint density at radius 1 is 1.32 bits per heavy atom. The molecule has 3 aliphatic heterocycles. The molecule has 2 aromatic rings. The van der Waals surface area contributed by atoms with Crippen LogP contribution in [0.2, 0.25) is 0 Å². The summed E-state index contributed by atoms with van der Waals surface area (Å²) < 4.78 is 5.87. The van der Waals surface area contributed by atoms with E-state index in [0.29, 0.717) is 28.6 Å². The van der Waals surface area contributed by atoms with E-state index in [-0.39, 0.29) is 11.9 Å². The Hall–Kier alpha value is -2.08. The van der Waals surface area contributed by atoms with Crippen molar-refractivity contribution in [3.63, 3.8) is 0 Å². The predicted octanol–water partition coefficient (Wildman–Crippen LogP) is 2.50. The van der Waals surface area contributed by atoms with Gasteiger partial charge in [0.2, 0.25) is 0 Å². The number of nitrogens with one attached hydrogen (secondary N) is 1. The third-order valence-electron chi connectivity index (χ3n) is 5.66. The Morgan fingerprint density at radius 3 is 2.72 bits per heavy atom. The molecule has 1 amide bonds. The number of anilines is 1. The summed E-state index contributed by atoms with van der Waals surface area (Å²) in [6, 6.07) is 6.42. The number of hydrogen-bond donors (Lipinski definition) is 1. The molecule has 0 spiro atoms. The number of benzene rings is 1. The number of piperidine rings is 3. The number of amides is 1. The molecular formula is C19H26N4O2. The molecule has 3 fully saturated rings. The summed E-state index contributed by atoms with van der Waals surface area (Å²) in [5, 5.41) is 3.25. The molecule has 0 aliphatic carbocycles. The van der Waals surface area contributed by atoms with Gasteiger partial charge < -0.3 is 19.5 Å². The number of rotatable bonds is 5. The molecule has 6 heteroatoms. The molecule has 6 nitrogen and oxygen atoms in total. The van der Waals surface area contributed by atoms with Crippen LogP contribution in [0.25, 0.3) is 11.1 Å². The van der Waals surface area contributed by atoms with Gasteiger partial charge in [-0.3, -0.25) is 4.79 Å². The molecule has 3 aliphatic rings. The molecule has 0 radical (unpaired) electrons. The van der Waals surface area contributed by atoms with E-state index in [1.54, 1.807) is 0 Å². The summed E-state index contributed by atoms with van der Waals surface area (Å²) in [7, 11) is 0. The first-order valence-electron chi connectivity index (χ1n) is 9.37. The zero-order valence-corrected chi connectivity index (χ0v) is 15.0. The summed E-state index contributed by atoms with van der Waals surface area (Å²) in [6.45, 7) is 9.09. The highest BCUT2D eigenvalue weighted by Crippen LogP contribution is 2.29. The van der Waals surface area contributed by atoms with Crippen molar-refractivity contribution in [1.82, 2.24) is 15.2 Å². The van der Waals surface area contributed by atoms with Crippen LogP contribution in [-0.2, 0) is 0 Å². The SMILES string of the molecule is CCN(CC)c1nc2c(C(=O)N[C@@H]3CN4CCC3CC4)cccc2o1. The second kappa shape index (κ2) is 6.67. The maximum Gasteiger partial charge on any atom is 0.298 e. The first-order chi connectivity index (χ1) is 12.2. The van der Waals surface area contributed by atoms with Crippen molar-refractivity contribution in [2.75, 3.05) is 37.6 Å². The van der Waals surface area contributed by atoms with Gasteiger partial charge in [-0.2, -0.15) is 4.98 Å². The first kappa shape index (κ1) is 16.4. The fourth-order valence-corrected chi connectivity index (χ4v) is 4.12. The van der Waals surface area contributed by atoms with Crippen LogP contribution in [0, 0.1) is 5.92 Å². The summed E-state index contributed by atoms with van der Waals surface area (Å²) in [5.74, 6) is 0.570. The maximum absolute atomic E-state index is 12.9. The van der Waals surface area contributed by atoms with Crippen molar-refractivity contribution in [3.05, 3.63) is 23.8 Å². The molecule has 1 atom stereocenters. The second-order valence-corrected chi connectivity index (χ2v) is 7.04. The number of hydrogen-bond acceptors (Lipinski definition) is 5. The first-order valence-corrected chi connectivity index (χ1v) is 9.37. The van der Waals surface area contributed by atoms with Crippen molar-refractivity contribution in [1.29, 1.82) is 0 Å². The topological polar surface area (TPSA) is 61.6 Å². The third kappa shape index (κ3) is 2.99. The minimum Gasteiger partial charge on any atom is -0.423 e. The van der Waals surface area contributed by atoms with Crippen molar-refractivity contribution in [2.24, 2.45) is 5.92 Å². The number of fused-ring (bicyclic) bond motifs is 4. The van der Waals surface area contributed by atoms with Gasteiger partial charge in [0.1, 0.15) is 5.52 Å². The minimum absolute atomic E-state index is 0.0382. The summed E-state index contributed by atoms with van der Waals surface area (Å²) in [5.41, 5.74) is 1.93. The Balaban J connectivity index is 1.59. The van der Waals surface area contributed by atoms with E-state index in [2.05, 4.69) is 33.9 Å². The molecule has 4 heterocycles. The van der Waals surface area contributed by atoms with Gasteiger partial charge in [-0.25, -0.2) is 0 Å². The van der Waals surface area contributed by atoms with Crippen molar-refractivity contribution >= 4 is 23.0 Å². The van der Waals surface area contributed by atoms with Gasteiger partial charge in [-0.15, -0.1) is 0 Å². The minimum atomic E-state index is -0.0382. The van der Waals surface area contributed by atoms with Crippen LogP contribution in [0.5, 0.6) is 0 Å². The fourth-order valence-electron chi connectivity index (χ4n) is 4.12. The normalized spacial score (nSPS) is 25.3. The zero-order valence-electron chi connectivity index (χ0n) is 15.0. The van der Waals surface area contributed by atoms with Gasteiger partial charge in [-0.1, -0.05) is 6.07 Å². The van der Waals surface area contributed by atoms with E-state index in [1.807, 2.05) is 18.2 Å². The van der Waals surface area contributed by atoms with E-state index in [0.717, 1.165) is 19.6 Å². The summed E-state index contributed by atoms with van der Waals surface area (Å²) in [4.78, 5) is 22.0. The third-order valence-corrected chi connectivity index (χ3v) is 5.66. The van der Waals surface area contributed by atoms with E-state index in [1.165, 1.54) is 25.9 Å². The molecule has 2 bridgehead atoms. The van der Waals surface area contributed by atoms with Crippen molar-refractivity contribution in [2.45, 2.75) is 32.7 Å². The van der Waals surface area contributed by atoms with Crippen LogP contribution < -0.4 is 10.2 Å². The average Bonchev–Trinajstić information content (AvgIpc) is 3.07. The van der Waals surface area contributed by atoms with Crippen LogP contribution in [0.3, 0.4) is 0 Å². The highest BCUT2D eigenvalue weighted by molar-refractivity contribution is 6.04. The van der Waals surface area contributed by atoms with Gasteiger partial charge in [-0.05, 0) is 57.8 Å². The molecule has 134 valence electrons. The number of carbonyl (C=O) groups excluding carboxylic acids is 1. The molecule has 1 aromatic carbocycles. The largest absolute Gasteiger partial charge is 0.423 e. The molecule has 3 saturated heterocycles. The van der Waals surface area contributed by atoms with Crippen LogP contribution in [0.15, 0.2) is 22.6 Å². The number of aromatic nitrogens is 1. The van der Waals surface area contributed by atoms with E-state index in [4.69, 9.17) is 4.42 Å². The van der Waals surface area contributed by atoms with Crippen molar-refractivity contribution < 1.29 is 9.21 Å². The Labute approximate surface area is 148 Å². The zero-order chi connectivity index (χ0) is 17.4. The Bertz CT molecular complexity index is 760. The Morgan fingerprint density at radius 2 is 2.08 bits per heavy atom. The highest BCUT2D eigenvalue weighted by Gasteiger charge is 2.35. The smallest absolute Gasteiger partial charge is 0.298 e. The average molecular weight is 342 g/mol. The number of oxazole rings is 1. The quantitative estimate of drug-likeness (QED) is 0.905. The van der Waals surface area contributed by atoms with Gasteiger partial charge in [0.15, 0.2) is 5.58 Å². The van der Waals surface area contributed by atoms with Crippen molar-refractivity contribution in [3.8, 4) is 0 Å². The summed E-state index contributed by atoms with van der Waals surface area (Å²) in [6.07, 6.45) is 2.37. The van der Waals surface area contributed by atoms with E-state index < -0.39 is 0 Å². The lowest BCUT2D eigenvalue weighted by molar-refractivity contribution is 0.0621. The Kier molecular flexibility index (Phi) is 4.37. The second-order valence-electron chi connectivity index (χ2n) is 7.04. The van der Waals surface area contributed by atoms with Crippen LogP contribution in [0.4, 0.5) is 6.01 Å². The number of nitrogens with zero attached hydrogens (tertiary/aromatic N) is 3. The van der Waals surface area contributed by atoms with Gasteiger partial charge in [0, 0.05) is 25.7 Å². The van der Waals surface area contributed by atoms with Gasteiger partial charge >= 0.3 is 0 Å². The fraction of sp³-hybridized carbons (Fsp3) is 0.579. The predicted molar refractivity (Wildman–Crippen MR) is 98.0 cm³/mol. The molecule has 0 saturated carbocycles. The summed E-state index contributed by atoms with van der Waals surface area (Å²) >= 11 is 0. The van der Waals surface area contributed by atoms with Crippen LogP contribution in [0.1, 0.15) is 37.0 Å². The van der Waals surface area contributed by atoms with Crippen LogP contribution >= 0.6 is 0 Å². The molecule has 0 unspecified atom stereocenters. The monoisotopic (exact) mass is 342 g/mol. The van der Waals surface area contributed by atoms with Gasteiger partial charge in [0.25, 0.3) is 11.9 Å². The van der Waals surface area contributed by atoms with E-state index >= 15 is 0 Å². The lowest BCUT2D eigenvalue weighted by Crippen LogP contribution is -2.57. The standard InChI is InChI=1S/C19H26N4O2/c1-3-23(4-2)19-21-17-14(6-5-7-16(17)25-19)18(24)20-15-12-22-10-8-13(15)9-11-22/h5-7,13,15H,3-4,8-12H2,1-2H3,(H,20,24)/t15-/m1/s1. The molecule has 1 aromatic heterocycles. The molecule has 1 N–H and O–H groups in total. The highest BCUT2D eigenvalue weighted by atomic mass is 16.4. The lowest BCUT2D eigenvalue weighted by atomic mass is 9.84. The maximum atomic E-state index is 12.9.